The van der Waals surface area contributed by atoms with Crippen LogP contribution in [-0.4, -0.2) is 26.7 Å². The number of hydrogen-bond donors (Lipinski definition) is 1. The highest BCUT2D eigenvalue weighted by Gasteiger charge is 2.35. The molecular weight excluding hydrogens is 421 g/mol. The molecule has 0 radical (unpaired) electrons. The summed E-state index contributed by atoms with van der Waals surface area (Å²) in [4.78, 5) is -1.59. The van der Waals surface area contributed by atoms with Crippen LogP contribution in [0.4, 0.5) is 13.2 Å². The monoisotopic (exact) mass is 450 g/mol. The molecule has 0 aliphatic rings. The number of allylic oxidation sites excluding steroid dienone is 3. The normalized spacial score (nSPS) is 12.8. The summed E-state index contributed by atoms with van der Waals surface area (Å²) in [5.41, 5.74) is 1.42. The van der Waals surface area contributed by atoms with Crippen molar-refractivity contribution in [3.63, 3.8) is 0 Å². The first-order valence-electron chi connectivity index (χ1n) is 9.38. The number of phenolic OH excluding ortho intramolecular Hbond substituents is 1. The fourth-order valence-corrected chi connectivity index (χ4v) is 3.49. The van der Waals surface area contributed by atoms with E-state index in [9.17, 15) is 26.7 Å². The Bertz CT molecular complexity index is 896. The molecule has 9 heteroatoms. The van der Waals surface area contributed by atoms with Crippen LogP contribution in [0.15, 0.2) is 28.2 Å². The second-order valence-corrected chi connectivity index (χ2v) is 9.96. The smallest absolute Gasteiger partial charge is 0.303 e. The van der Waals surface area contributed by atoms with Crippen LogP contribution in [0.25, 0.3) is 0 Å². The Morgan fingerprint density at radius 3 is 2.17 bits per heavy atom. The summed E-state index contributed by atoms with van der Waals surface area (Å²) in [6.07, 6.45) is 5.07. The maximum atomic E-state index is 14.4. The van der Waals surface area contributed by atoms with E-state index in [2.05, 4.69) is 4.18 Å². The standard InChI is InChI=1S/C21H29F3O5S/c1-13(2)8-7-9-14(3)10-11-28-19-15(22)16(23)20(18(25)17(19)24)30(26,27)29-12-21(4,5)6/h8,10,25H,7,9,11-12H2,1-6H3/b14-10+. The number of halogens is 3. The van der Waals surface area contributed by atoms with Gasteiger partial charge >= 0.3 is 10.1 Å². The van der Waals surface area contributed by atoms with Crippen LogP contribution in [0.3, 0.4) is 0 Å². The van der Waals surface area contributed by atoms with Gasteiger partial charge in [0, 0.05) is 0 Å². The number of benzene rings is 1. The predicted molar refractivity (Wildman–Crippen MR) is 108 cm³/mol. The minimum atomic E-state index is -4.95. The van der Waals surface area contributed by atoms with Gasteiger partial charge < -0.3 is 9.84 Å². The number of phenols is 1. The van der Waals surface area contributed by atoms with Crippen molar-refractivity contribution in [2.24, 2.45) is 5.41 Å². The van der Waals surface area contributed by atoms with Gasteiger partial charge in [-0.25, -0.2) is 4.39 Å². The first-order chi connectivity index (χ1) is 13.7. The fourth-order valence-electron chi connectivity index (χ4n) is 2.23. The van der Waals surface area contributed by atoms with Crippen LogP contribution in [0, 0.1) is 22.9 Å². The van der Waals surface area contributed by atoms with Crippen LogP contribution < -0.4 is 4.74 Å². The average Bonchev–Trinajstić information content (AvgIpc) is 2.60. The number of aromatic hydroxyl groups is 1. The number of ether oxygens (including phenoxy) is 1. The molecule has 0 spiro atoms. The first kappa shape index (κ1) is 26.0. The van der Waals surface area contributed by atoms with E-state index in [0.717, 1.165) is 17.6 Å². The molecule has 0 unspecified atom stereocenters. The third kappa shape index (κ3) is 7.36. The molecule has 1 N–H and O–H groups in total. The van der Waals surface area contributed by atoms with Gasteiger partial charge in [-0.15, -0.1) is 0 Å². The van der Waals surface area contributed by atoms with E-state index in [-0.39, 0.29) is 13.2 Å². The van der Waals surface area contributed by atoms with E-state index < -0.39 is 49.4 Å². The second-order valence-electron chi connectivity index (χ2n) is 8.41. The predicted octanol–water partition coefficient (Wildman–Crippen LogP) is 5.63. The zero-order valence-electron chi connectivity index (χ0n) is 18.1. The highest BCUT2D eigenvalue weighted by atomic mass is 32.2. The Kier molecular flexibility index (Phi) is 8.98. The Hall–Kier alpha value is -2.00. The Morgan fingerprint density at radius 1 is 1.03 bits per heavy atom. The van der Waals surface area contributed by atoms with Gasteiger partial charge in [0.25, 0.3) is 0 Å². The molecule has 30 heavy (non-hydrogen) atoms. The molecule has 5 nitrogen and oxygen atoms in total. The minimum Gasteiger partial charge on any atom is -0.504 e. The minimum absolute atomic E-state index is 0.292. The maximum absolute atomic E-state index is 14.4. The van der Waals surface area contributed by atoms with Crippen molar-refractivity contribution in [2.45, 2.75) is 59.3 Å². The summed E-state index contributed by atoms with van der Waals surface area (Å²) >= 11 is 0. The lowest BCUT2D eigenvalue weighted by atomic mass is 9.99. The van der Waals surface area contributed by atoms with E-state index in [1.165, 1.54) is 0 Å². The highest BCUT2D eigenvalue weighted by Crippen LogP contribution is 2.39. The van der Waals surface area contributed by atoms with Crippen molar-refractivity contribution in [1.29, 1.82) is 0 Å². The zero-order valence-corrected chi connectivity index (χ0v) is 18.9. The summed E-state index contributed by atoms with van der Waals surface area (Å²) in [6.45, 7) is 9.99. The third-order valence-corrected chi connectivity index (χ3v) is 5.16. The van der Waals surface area contributed by atoms with Gasteiger partial charge in [0.05, 0.1) is 6.61 Å². The quantitative estimate of drug-likeness (QED) is 0.300. The Morgan fingerprint density at radius 2 is 1.63 bits per heavy atom. The fraction of sp³-hybridized carbons (Fsp3) is 0.524. The Balaban J connectivity index is 3.10. The largest absolute Gasteiger partial charge is 0.504 e. The van der Waals surface area contributed by atoms with Gasteiger partial charge in [0.2, 0.25) is 11.6 Å². The van der Waals surface area contributed by atoms with Crippen molar-refractivity contribution >= 4 is 10.1 Å². The molecule has 0 saturated carbocycles. The van der Waals surface area contributed by atoms with Gasteiger partial charge in [-0.05, 0) is 45.1 Å². The van der Waals surface area contributed by atoms with E-state index in [1.807, 2.05) is 19.9 Å². The summed E-state index contributed by atoms with van der Waals surface area (Å²) in [6, 6.07) is 0. The molecule has 0 fully saturated rings. The van der Waals surface area contributed by atoms with Gasteiger partial charge in [-0.2, -0.15) is 17.2 Å². The second kappa shape index (κ2) is 10.3. The summed E-state index contributed by atoms with van der Waals surface area (Å²) < 4.78 is 77.0. The molecule has 1 rings (SSSR count). The van der Waals surface area contributed by atoms with Gasteiger partial charge in [-0.1, -0.05) is 38.0 Å². The lowest BCUT2D eigenvalue weighted by Gasteiger charge is -2.18. The van der Waals surface area contributed by atoms with Crippen molar-refractivity contribution in [3.8, 4) is 11.5 Å². The molecule has 0 aromatic heterocycles. The Labute approximate surface area is 176 Å². The van der Waals surface area contributed by atoms with Crippen molar-refractivity contribution in [3.05, 3.63) is 40.7 Å². The van der Waals surface area contributed by atoms with Crippen LogP contribution >= 0.6 is 0 Å². The number of rotatable bonds is 9. The van der Waals surface area contributed by atoms with E-state index >= 15 is 0 Å². The van der Waals surface area contributed by atoms with Gasteiger partial charge in [-0.3, -0.25) is 4.18 Å². The van der Waals surface area contributed by atoms with Gasteiger partial charge in [0.15, 0.2) is 22.2 Å². The lowest BCUT2D eigenvalue weighted by Crippen LogP contribution is -2.20. The topological polar surface area (TPSA) is 72.8 Å². The SMILES string of the molecule is CC(C)=CCC/C(C)=C/COc1c(F)c(O)c(S(=O)(=O)OCC(C)(C)C)c(F)c1F. The summed E-state index contributed by atoms with van der Waals surface area (Å²) in [5.74, 6) is -8.35. The highest BCUT2D eigenvalue weighted by molar-refractivity contribution is 7.86. The molecule has 0 heterocycles. The summed E-state index contributed by atoms with van der Waals surface area (Å²) in [5, 5.41) is 9.88. The molecule has 1 aromatic rings. The van der Waals surface area contributed by atoms with Crippen LogP contribution in [0.2, 0.25) is 0 Å². The molecule has 0 atom stereocenters. The van der Waals surface area contributed by atoms with Crippen molar-refractivity contribution < 1.29 is 35.6 Å². The lowest BCUT2D eigenvalue weighted by molar-refractivity contribution is 0.201. The van der Waals surface area contributed by atoms with Crippen LogP contribution in [0.1, 0.15) is 54.4 Å². The van der Waals surface area contributed by atoms with Crippen LogP contribution in [0.5, 0.6) is 11.5 Å². The molecule has 0 bridgehead atoms. The van der Waals surface area contributed by atoms with Crippen LogP contribution in [-0.2, 0) is 14.3 Å². The molecule has 170 valence electrons. The average molecular weight is 451 g/mol. The molecule has 1 aromatic carbocycles. The summed E-state index contributed by atoms with van der Waals surface area (Å²) in [7, 11) is -4.95. The molecule has 0 aliphatic heterocycles. The third-order valence-electron chi connectivity index (χ3n) is 3.86. The molecule has 0 aliphatic carbocycles. The molecular formula is C21H29F3O5S. The van der Waals surface area contributed by atoms with Gasteiger partial charge in [0.1, 0.15) is 6.61 Å². The van der Waals surface area contributed by atoms with E-state index in [4.69, 9.17) is 4.74 Å². The molecule has 0 amide bonds. The maximum Gasteiger partial charge on any atom is 0.303 e. The first-order valence-corrected chi connectivity index (χ1v) is 10.8. The zero-order chi connectivity index (χ0) is 23.3. The van der Waals surface area contributed by atoms with E-state index in [1.54, 1.807) is 33.8 Å². The molecule has 0 saturated heterocycles. The van der Waals surface area contributed by atoms with Crippen molar-refractivity contribution in [2.75, 3.05) is 13.2 Å². The van der Waals surface area contributed by atoms with Crippen molar-refractivity contribution in [1.82, 2.24) is 0 Å². The van der Waals surface area contributed by atoms with E-state index in [0.29, 0.717) is 6.42 Å². The number of hydrogen-bond acceptors (Lipinski definition) is 5.